The van der Waals surface area contributed by atoms with E-state index < -0.39 is 48.6 Å². The number of anilines is 1. The van der Waals surface area contributed by atoms with Crippen LogP contribution >= 0.6 is 0 Å². The van der Waals surface area contributed by atoms with Crippen molar-refractivity contribution in [2.75, 3.05) is 11.6 Å². The molecular formula is C16H12K2N4O9S2. The molecule has 1 amide bonds. The molecule has 1 aliphatic heterocycles. The molecule has 17 heteroatoms. The monoisotopic (exact) mass is 546 g/mol. The van der Waals surface area contributed by atoms with Gasteiger partial charge in [0.15, 0.2) is 6.04 Å². The molecule has 2 aromatic carbocycles. The molecule has 0 fully saturated rings. The number of amides is 1. The van der Waals surface area contributed by atoms with Gasteiger partial charge in [-0.1, -0.05) is 0 Å². The van der Waals surface area contributed by atoms with Gasteiger partial charge in [-0.15, -0.1) is 0 Å². The van der Waals surface area contributed by atoms with Crippen LogP contribution in [0, 0.1) is 0 Å². The summed E-state index contributed by atoms with van der Waals surface area (Å²) >= 11 is 0. The second-order valence-corrected chi connectivity index (χ2v) is 8.79. The number of nitrogens with zero attached hydrogens (tertiary/aromatic N) is 4. The predicted molar refractivity (Wildman–Crippen MR) is 101 cm³/mol. The van der Waals surface area contributed by atoms with Crippen molar-refractivity contribution in [3.05, 3.63) is 48.5 Å². The molecule has 0 aromatic heterocycles. The fourth-order valence-corrected chi connectivity index (χ4v) is 3.46. The maximum atomic E-state index is 12.7. The van der Waals surface area contributed by atoms with Crippen LogP contribution in [0.5, 0.6) is 0 Å². The first kappa shape index (κ1) is 31.2. The van der Waals surface area contributed by atoms with Crippen LogP contribution in [0.2, 0.25) is 0 Å². The van der Waals surface area contributed by atoms with E-state index in [0.29, 0.717) is 0 Å². The number of rotatable bonds is 7. The Morgan fingerprint density at radius 1 is 0.939 bits per heavy atom. The molecule has 1 atom stereocenters. The smallest absolute Gasteiger partial charge is 0.744 e. The van der Waals surface area contributed by atoms with E-state index in [2.05, 4.69) is 20.2 Å². The van der Waals surface area contributed by atoms with Crippen molar-refractivity contribution in [1.82, 2.24) is 0 Å². The van der Waals surface area contributed by atoms with Crippen molar-refractivity contribution in [3.8, 4) is 0 Å². The van der Waals surface area contributed by atoms with Crippen LogP contribution in [-0.2, 0) is 29.9 Å². The minimum atomic E-state index is -4.67. The Morgan fingerprint density at radius 2 is 1.42 bits per heavy atom. The molecule has 1 aliphatic rings. The van der Waals surface area contributed by atoms with E-state index in [1.165, 1.54) is 24.3 Å². The van der Waals surface area contributed by atoms with Gasteiger partial charge in [0.05, 0.1) is 21.2 Å². The molecule has 13 nitrogen and oxygen atoms in total. The van der Waals surface area contributed by atoms with Crippen molar-refractivity contribution in [3.63, 3.8) is 0 Å². The van der Waals surface area contributed by atoms with Crippen LogP contribution in [0.4, 0.5) is 11.4 Å². The van der Waals surface area contributed by atoms with E-state index in [1.54, 1.807) is 0 Å². The number of hydrazone groups is 1. The zero-order valence-electron chi connectivity index (χ0n) is 17.2. The quantitative estimate of drug-likeness (QED) is 0.116. The third-order valence-corrected chi connectivity index (χ3v) is 5.68. The topological polar surface area (TPSA) is 201 Å². The SMILES string of the molecule is O=C1C(N=Nc2ccc(S(=O)(=O)[O-])cc2)C(COO)=NN1c1ccc(S(=O)(=O)[O-])cc1.[K+].[K+]. The first-order valence-electron chi connectivity index (χ1n) is 8.21. The van der Waals surface area contributed by atoms with Gasteiger partial charge in [0.1, 0.15) is 32.6 Å². The summed E-state index contributed by atoms with van der Waals surface area (Å²) in [6.07, 6.45) is 0. The Kier molecular flexibility index (Phi) is 12.2. The summed E-state index contributed by atoms with van der Waals surface area (Å²) in [6, 6.07) is 7.52. The number of hydrogen-bond acceptors (Lipinski definition) is 12. The molecule has 0 bridgehead atoms. The molecule has 2 aromatic rings. The Morgan fingerprint density at radius 3 is 1.88 bits per heavy atom. The van der Waals surface area contributed by atoms with Crippen LogP contribution in [0.3, 0.4) is 0 Å². The molecule has 0 aliphatic carbocycles. The van der Waals surface area contributed by atoms with Gasteiger partial charge in [0, 0.05) is 0 Å². The van der Waals surface area contributed by atoms with Crippen molar-refractivity contribution >= 4 is 43.2 Å². The van der Waals surface area contributed by atoms with Gasteiger partial charge in [-0.05, 0) is 48.5 Å². The van der Waals surface area contributed by atoms with Crippen LogP contribution in [-0.4, -0.2) is 55.5 Å². The predicted octanol–water partition coefficient (Wildman–Crippen LogP) is -5.15. The maximum absolute atomic E-state index is 12.7. The van der Waals surface area contributed by atoms with Crippen molar-refractivity contribution < 1.29 is 144 Å². The maximum Gasteiger partial charge on any atom is 1.00 e. The molecule has 3 rings (SSSR count). The van der Waals surface area contributed by atoms with Gasteiger partial charge >= 0.3 is 103 Å². The molecule has 0 saturated heterocycles. The number of carbonyl (C=O) groups is 1. The van der Waals surface area contributed by atoms with E-state index in [-0.39, 0.29) is 120 Å². The molecule has 1 N–H and O–H groups in total. The van der Waals surface area contributed by atoms with Crippen LogP contribution in [0.25, 0.3) is 0 Å². The number of carbonyl (C=O) groups excluding carboxylic acids is 1. The van der Waals surface area contributed by atoms with Crippen molar-refractivity contribution in [1.29, 1.82) is 0 Å². The normalized spacial score (nSPS) is 16.3. The Labute approximate surface area is 273 Å². The third kappa shape index (κ3) is 8.10. The average Bonchev–Trinajstić information content (AvgIpc) is 3.01. The zero-order valence-corrected chi connectivity index (χ0v) is 25.1. The molecule has 0 radical (unpaired) electrons. The van der Waals surface area contributed by atoms with Crippen LogP contribution in [0.1, 0.15) is 0 Å². The van der Waals surface area contributed by atoms with Crippen molar-refractivity contribution in [2.24, 2.45) is 15.3 Å². The van der Waals surface area contributed by atoms with Crippen LogP contribution in [0.15, 0.2) is 73.7 Å². The number of hydrogen-bond donors (Lipinski definition) is 1. The largest absolute Gasteiger partial charge is 1.00 e. The van der Waals surface area contributed by atoms with Crippen LogP contribution < -0.4 is 108 Å². The summed E-state index contributed by atoms with van der Waals surface area (Å²) in [5.74, 6) is -0.715. The molecule has 1 unspecified atom stereocenters. The first-order valence-corrected chi connectivity index (χ1v) is 11.0. The summed E-state index contributed by atoms with van der Waals surface area (Å²) in [5.41, 5.74) is 0.221. The second kappa shape index (κ2) is 12.9. The molecule has 33 heavy (non-hydrogen) atoms. The Hall–Kier alpha value is 0.193. The fourth-order valence-electron chi connectivity index (χ4n) is 2.52. The van der Waals surface area contributed by atoms with Gasteiger partial charge in [0.2, 0.25) is 0 Å². The standard InChI is InChI=1S/C16H14N4O9S2.2K/c21-16-15(18-17-10-1-5-12(6-2-10)30(23,24)25)14(9-29-22)19-20(16)11-3-7-13(8-4-11)31(26,27)28;;/h1-8,15,22H,9H2,(H,23,24,25)(H,26,27,28);;/q;2*+1/p-2. The minimum Gasteiger partial charge on any atom is -0.744 e. The van der Waals surface area contributed by atoms with E-state index in [1.807, 2.05) is 0 Å². The van der Waals surface area contributed by atoms with Crippen molar-refractivity contribution in [2.45, 2.75) is 15.8 Å². The number of azo groups is 1. The van der Waals surface area contributed by atoms with Gasteiger partial charge in [0.25, 0.3) is 5.91 Å². The molecule has 164 valence electrons. The summed E-state index contributed by atoms with van der Waals surface area (Å²) in [4.78, 5) is 15.8. The van der Waals surface area contributed by atoms with E-state index in [9.17, 15) is 30.7 Å². The van der Waals surface area contributed by atoms with E-state index in [4.69, 9.17) is 5.26 Å². The zero-order chi connectivity index (χ0) is 22.8. The number of benzene rings is 2. The second-order valence-electron chi connectivity index (χ2n) is 6.03. The summed E-state index contributed by atoms with van der Waals surface area (Å²) < 4.78 is 65.9. The Bertz CT molecular complexity index is 1270. The van der Waals surface area contributed by atoms with Gasteiger partial charge in [-0.3, -0.25) is 10.1 Å². The van der Waals surface area contributed by atoms with Gasteiger partial charge in [-0.2, -0.15) is 20.3 Å². The summed E-state index contributed by atoms with van der Waals surface area (Å²) in [6.45, 7) is -0.494. The average molecular weight is 547 g/mol. The molecule has 1 heterocycles. The Balaban J connectivity index is 0.00000272. The minimum absolute atomic E-state index is 0. The fraction of sp³-hybridized carbons (Fsp3) is 0.125. The molecule has 0 saturated carbocycles. The summed E-state index contributed by atoms with van der Waals surface area (Å²) in [5, 5.41) is 21.2. The van der Waals surface area contributed by atoms with E-state index >= 15 is 0 Å². The first-order chi connectivity index (χ1) is 14.5. The third-order valence-electron chi connectivity index (χ3n) is 3.98. The molecule has 0 spiro atoms. The van der Waals surface area contributed by atoms with Gasteiger partial charge in [-0.25, -0.2) is 21.7 Å². The van der Waals surface area contributed by atoms with Gasteiger partial charge < -0.3 is 9.11 Å². The molecular weight excluding hydrogens is 535 g/mol. The summed E-state index contributed by atoms with van der Waals surface area (Å²) in [7, 11) is -9.30. The van der Waals surface area contributed by atoms with E-state index in [0.717, 1.165) is 29.3 Å².